The van der Waals surface area contributed by atoms with E-state index < -0.39 is 11.4 Å². The van der Waals surface area contributed by atoms with E-state index in [1.807, 2.05) is 55.2 Å². The predicted octanol–water partition coefficient (Wildman–Crippen LogP) is 1.96. The first kappa shape index (κ1) is 14.8. The molecule has 0 radical (unpaired) electrons. The lowest BCUT2D eigenvalue weighted by Gasteiger charge is -2.25. The van der Waals surface area contributed by atoms with E-state index in [4.69, 9.17) is 0 Å². The third-order valence-electron chi connectivity index (χ3n) is 4.59. The first-order valence-corrected chi connectivity index (χ1v) is 7.52. The van der Waals surface area contributed by atoms with Crippen molar-refractivity contribution in [1.29, 1.82) is 0 Å². The van der Waals surface area contributed by atoms with Gasteiger partial charge in [0.2, 0.25) is 0 Å². The Morgan fingerprint density at radius 2 is 2.09 bits per heavy atom. The highest BCUT2D eigenvalue weighted by molar-refractivity contribution is 5.82. The average molecular weight is 299 g/mol. The third-order valence-corrected chi connectivity index (χ3v) is 4.59. The molecular weight excluding hydrogens is 278 g/mol. The van der Waals surface area contributed by atoms with Gasteiger partial charge in [0.25, 0.3) is 0 Å². The van der Waals surface area contributed by atoms with Gasteiger partial charge in [-0.2, -0.15) is 5.10 Å². The average Bonchev–Trinajstić information content (AvgIpc) is 3.05. The quantitative estimate of drug-likeness (QED) is 0.937. The number of carboxylic acids is 1. The summed E-state index contributed by atoms with van der Waals surface area (Å²) in [7, 11) is 1.91. The molecule has 5 nitrogen and oxygen atoms in total. The second-order valence-electron chi connectivity index (χ2n) is 6.13. The van der Waals surface area contributed by atoms with Crippen LogP contribution in [0.4, 0.5) is 0 Å². The van der Waals surface area contributed by atoms with Crippen LogP contribution in [-0.4, -0.2) is 38.8 Å². The smallest absolute Gasteiger partial charge is 0.315 e. The van der Waals surface area contributed by atoms with Crippen molar-refractivity contribution in [2.45, 2.75) is 25.3 Å². The van der Waals surface area contributed by atoms with Crippen molar-refractivity contribution in [1.82, 2.24) is 14.7 Å². The lowest BCUT2D eigenvalue weighted by atomic mass is 9.80. The van der Waals surface area contributed by atoms with E-state index in [1.165, 1.54) is 0 Å². The molecule has 1 aromatic carbocycles. The number of carboxylic acid groups (broad SMARTS) is 1. The van der Waals surface area contributed by atoms with Crippen molar-refractivity contribution in [3.63, 3.8) is 0 Å². The molecular formula is C17H21N3O2. The van der Waals surface area contributed by atoms with Gasteiger partial charge >= 0.3 is 5.97 Å². The predicted molar refractivity (Wildman–Crippen MR) is 83.6 cm³/mol. The highest BCUT2D eigenvalue weighted by Gasteiger charge is 2.46. The standard InChI is InChI=1S/C17H21N3O2/c1-13-14(10-19(2)18-13)11-20-9-8-17(12-20,16(21)22)15-6-4-3-5-7-15/h3-7,10H,8-9,11-12H2,1-2H3,(H,21,22). The molecule has 1 fully saturated rings. The van der Waals surface area contributed by atoms with Crippen LogP contribution in [-0.2, 0) is 23.8 Å². The number of carbonyl (C=O) groups is 1. The first-order valence-electron chi connectivity index (χ1n) is 7.52. The van der Waals surface area contributed by atoms with E-state index in [9.17, 15) is 9.90 Å². The topological polar surface area (TPSA) is 58.4 Å². The van der Waals surface area contributed by atoms with Gasteiger partial charge in [0, 0.05) is 38.4 Å². The molecule has 116 valence electrons. The van der Waals surface area contributed by atoms with Crippen LogP contribution in [0, 0.1) is 6.92 Å². The second kappa shape index (κ2) is 5.57. The molecule has 1 unspecified atom stereocenters. The largest absolute Gasteiger partial charge is 0.481 e. The van der Waals surface area contributed by atoms with Crippen molar-refractivity contribution >= 4 is 5.97 Å². The summed E-state index contributed by atoms with van der Waals surface area (Å²) in [5.41, 5.74) is 2.27. The zero-order valence-electron chi connectivity index (χ0n) is 13.0. The summed E-state index contributed by atoms with van der Waals surface area (Å²) in [6, 6.07) is 9.59. The van der Waals surface area contributed by atoms with Crippen LogP contribution in [0.25, 0.3) is 0 Å². The molecule has 2 aromatic rings. The third kappa shape index (κ3) is 2.52. The van der Waals surface area contributed by atoms with Gasteiger partial charge in [-0.3, -0.25) is 14.4 Å². The SMILES string of the molecule is Cc1nn(C)cc1CN1CCC(C(=O)O)(c2ccccc2)C1. The Morgan fingerprint density at radius 3 is 2.68 bits per heavy atom. The van der Waals surface area contributed by atoms with Gasteiger partial charge in [-0.1, -0.05) is 30.3 Å². The highest BCUT2D eigenvalue weighted by Crippen LogP contribution is 2.35. The van der Waals surface area contributed by atoms with Crippen LogP contribution in [0.1, 0.15) is 23.2 Å². The Balaban J connectivity index is 1.82. The highest BCUT2D eigenvalue weighted by atomic mass is 16.4. The van der Waals surface area contributed by atoms with Crippen LogP contribution < -0.4 is 0 Å². The summed E-state index contributed by atoms with van der Waals surface area (Å²) in [5, 5.41) is 14.2. The summed E-state index contributed by atoms with van der Waals surface area (Å²) in [4.78, 5) is 14.2. The zero-order chi connectivity index (χ0) is 15.7. The molecule has 1 N–H and O–H groups in total. The fraction of sp³-hybridized carbons (Fsp3) is 0.412. The molecule has 3 rings (SSSR count). The number of hydrogen-bond acceptors (Lipinski definition) is 3. The molecule has 1 atom stereocenters. The summed E-state index contributed by atoms with van der Waals surface area (Å²) in [6.07, 6.45) is 2.66. The molecule has 5 heteroatoms. The second-order valence-corrected chi connectivity index (χ2v) is 6.13. The molecule has 1 saturated heterocycles. The Bertz CT molecular complexity index is 680. The minimum absolute atomic E-state index is 0.542. The summed E-state index contributed by atoms with van der Waals surface area (Å²) in [6.45, 7) is 4.07. The van der Waals surface area contributed by atoms with E-state index in [-0.39, 0.29) is 0 Å². The minimum Gasteiger partial charge on any atom is -0.481 e. The molecule has 0 bridgehead atoms. The minimum atomic E-state index is -0.794. The number of benzene rings is 1. The summed E-state index contributed by atoms with van der Waals surface area (Å²) in [5.74, 6) is -0.732. The van der Waals surface area contributed by atoms with Gasteiger partial charge in [-0.05, 0) is 18.9 Å². The fourth-order valence-electron chi connectivity index (χ4n) is 3.36. The van der Waals surface area contributed by atoms with Crippen molar-refractivity contribution in [2.24, 2.45) is 7.05 Å². The van der Waals surface area contributed by atoms with E-state index in [0.29, 0.717) is 13.0 Å². The molecule has 2 heterocycles. The molecule has 0 amide bonds. The molecule has 0 aliphatic carbocycles. The molecule has 0 saturated carbocycles. The Kier molecular flexibility index (Phi) is 3.74. The van der Waals surface area contributed by atoms with Crippen molar-refractivity contribution < 1.29 is 9.90 Å². The van der Waals surface area contributed by atoms with Crippen molar-refractivity contribution in [2.75, 3.05) is 13.1 Å². The lowest BCUT2D eigenvalue weighted by Crippen LogP contribution is -2.38. The number of aliphatic carboxylic acids is 1. The van der Waals surface area contributed by atoms with Gasteiger partial charge in [0.1, 0.15) is 5.41 Å². The number of likely N-dealkylation sites (tertiary alicyclic amines) is 1. The number of nitrogens with zero attached hydrogens (tertiary/aromatic N) is 3. The molecule has 1 aliphatic rings. The van der Waals surface area contributed by atoms with Gasteiger partial charge in [-0.15, -0.1) is 0 Å². The maximum atomic E-state index is 11.9. The molecule has 1 aromatic heterocycles. The van der Waals surface area contributed by atoms with Crippen LogP contribution in [0.2, 0.25) is 0 Å². The van der Waals surface area contributed by atoms with E-state index in [0.717, 1.165) is 29.9 Å². The van der Waals surface area contributed by atoms with Crippen LogP contribution in [0.5, 0.6) is 0 Å². The van der Waals surface area contributed by atoms with Gasteiger partial charge in [-0.25, -0.2) is 0 Å². The summed E-state index contributed by atoms with van der Waals surface area (Å²) < 4.78 is 1.81. The van der Waals surface area contributed by atoms with Crippen LogP contribution in [0.15, 0.2) is 36.5 Å². The number of aromatic nitrogens is 2. The van der Waals surface area contributed by atoms with Crippen LogP contribution >= 0.6 is 0 Å². The number of rotatable bonds is 4. The van der Waals surface area contributed by atoms with Crippen molar-refractivity contribution in [3.8, 4) is 0 Å². The van der Waals surface area contributed by atoms with Gasteiger partial charge in [0.15, 0.2) is 0 Å². The zero-order valence-corrected chi connectivity index (χ0v) is 13.0. The van der Waals surface area contributed by atoms with Gasteiger partial charge < -0.3 is 5.11 Å². The Morgan fingerprint density at radius 1 is 1.36 bits per heavy atom. The van der Waals surface area contributed by atoms with Crippen LogP contribution in [0.3, 0.4) is 0 Å². The first-order chi connectivity index (χ1) is 10.5. The Labute approximate surface area is 130 Å². The van der Waals surface area contributed by atoms with E-state index in [1.54, 1.807) is 0 Å². The number of aryl methyl sites for hydroxylation is 2. The van der Waals surface area contributed by atoms with Crippen molar-refractivity contribution in [3.05, 3.63) is 53.3 Å². The maximum absolute atomic E-state index is 11.9. The van der Waals surface area contributed by atoms with E-state index >= 15 is 0 Å². The molecule has 1 aliphatic heterocycles. The maximum Gasteiger partial charge on any atom is 0.315 e. The lowest BCUT2D eigenvalue weighted by molar-refractivity contribution is -0.143. The number of hydrogen-bond donors (Lipinski definition) is 1. The van der Waals surface area contributed by atoms with E-state index in [2.05, 4.69) is 10.00 Å². The molecule has 0 spiro atoms. The fourth-order valence-corrected chi connectivity index (χ4v) is 3.36. The Hall–Kier alpha value is -2.14. The summed E-state index contributed by atoms with van der Waals surface area (Å²) >= 11 is 0. The monoisotopic (exact) mass is 299 g/mol. The normalized spacial score (nSPS) is 22.1. The van der Waals surface area contributed by atoms with Gasteiger partial charge in [0.05, 0.1) is 5.69 Å². The molecule has 22 heavy (non-hydrogen) atoms.